The van der Waals surface area contributed by atoms with E-state index >= 15 is 0 Å². The summed E-state index contributed by atoms with van der Waals surface area (Å²) in [6, 6.07) is 6.28. The third-order valence-electron chi connectivity index (χ3n) is 3.30. The number of benzene rings is 1. The Bertz CT molecular complexity index is 499. The molecule has 0 radical (unpaired) electrons. The van der Waals surface area contributed by atoms with Gasteiger partial charge in [-0.1, -0.05) is 12.1 Å². The summed E-state index contributed by atoms with van der Waals surface area (Å²) in [5, 5.41) is 5.35. The standard InChI is InChI=1S/C15H19FN2O2/c1-9(2)18-14(19)8-17-15(20)13-7-12(13)10-3-5-11(16)6-4-10/h3-6,9,12-13H,7-8H2,1-2H3,(H,17,20)(H,18,19). The highest BCUT2D eigenvalue weighted by molar-refractivity contribution is 5.88. The molecule has 1 fully saturated rings. The van der Waals surface area contributed by atoms with Gasteiger partial charge in [0.2, 0.25) is 11.8 Å². The molecule has 5 heteroatoms. The average Bonchev–Trinajstić information content (AvgIpc) is 3.16. The van der Waals surface area contributed by atoms with Gasteiger partial charge >= 0.3 is 0 Å². The molecule has 1 aromatic rings. The molecule has 2 amide bonds. The van der Waals surface area contributed by atoms with Crippen molar-refractivity contribution in [3.05, 3.63) is 35.6 Å². The topological polar surface area (TPSA) is 58.2 Å². The molecule has 2 rings (SSSR count). The van der Waals surface area contributed by atoms with Crippen molar-refractivity contribution in [2.24, 2.45) is 5.92 Å². The summed E-state index contributed by atoms with van der Waals surface area (Å²) in [4.78, 5) is 23.3. The Hall–Kier alpha value is -1.91. The number of carbonyl (C=O) groups is 2. The first-order valence-electron chi connectivity index (χ1n) is 6.80. The third-order valence-corrected chi connectivity index (χ3v) is 3.30. The molecule has 4 nitrogen and oxygen atoms in total. The summed E-state index contributed by atoms with van der Waals surface area (Å²) >= 11 is 0. The van der Waals surface area contributed by atoms with Crippen LogP contribution in [0.5, 0.6) is 0 Å². The number of hydrogen-bond acceptors (Lipinski definition) is 2. The minimum Gasteiger partial charge on any atom is -0.352 e. The van der Waals surface area contributed by atoms with Crippen LogP contribution in [0.3, 0.4) is 0 Å². The summed E-state index contributed by atoms with van der Waals surface area (Å²) < 4.78 is 12.8. The van der Waals surface area contributed by atoms with Gasteiger partial charge in [-0.15, -0.1) is 0 Å². The van der Waals surface area contributed by atoms with E-state index in [9.17, 15) is 14.0 Å². The number of amides is 2. The van der Waals surface area contributed by atoms with Crippen molar-refractivity contribution in [1.82, 2.24) is 10.6 Å². The number of rotatable bonds is 5. The maximum absolute atomic E-state index is 12.8. The highest BCUT2D eigenvalue weighted by Gasteiger charge is 2.43. The van der Waals surface area contributed by atoms with Crippen LogP contribution in [0.1, 0.15) is 31.7 Å². The van der Waals surface area contributed by atoms with E-state index in [2.05, 4.69) is 10.6 Å². The first-order chi connectivity index (χ1) is 9.47. The van der Waals surface area contributed by atoms with Crippen LogP contribution in [0.25, 0.3) is 0 Å². The van der Waals surface area contributed by atoms with Crippen LogP contribution in [0, 0.1) is 11.7 Å². The zero-order valence-electron chi connectivity index (χ0n) is 11.7. The van der Waals surface area contributed by atoms with Crippen molar-refractivity contribution >= 4 is 11.8 Å². The Kier molecular flexibility index (Phi) is 4.37. The molecular weight excluding hydrogens is 259 g/mol. The molecule has 20 heavy (non-hydrogen) atoms. The van der Waals surface area contributed by atoms with Gasteiger partial charge in [0, 0.05) is 12.0 Å². The van der Waals surface area contributed by atoms with Gasteiger partial charge in [0.25, 0.3) is 0 Å². The first kappa shape index (κ1) is 14.5. The predicted octanol–water partition coefficient (Wildman–Crippen LogP) is 1.57. The third kappa shape index (κ3) is 3.79. The van der Waals surface area contributed by atoms with Crippen LogP contribution in [0.4, 0.5) is 4.39 Å². The molecule has 2 unspecified atom stereocenters. The molecule has 1 aliphatic carbocycles. The Labute approximate surface area is 117 Å². The Morgan fingerprint density at radius 1 is 1.30 bits per heavy atom. The predicted molar refractivity (Wildman–Crippen MR) is 73.5 cm³/mol. The van der Waals surface area contributed by atoms with Crippen molar-refractivity contribution in [3.63, 3.8) is 0 Å². The molecule has 1 saturated carbocycles. The van der Waals surface area contributed by atoms with Gasteiger partial charge in [-0.05, 0) is 43.9 Å². The fraction of sp³-hybridized carbons (Fsp3) is 0.467. The molecule has 0 saturated heterocycles. The maximum atomic E-state index is 12.8. The number of carbonyl (C=O) groups excluding carboxylic acids is 2. The van der Waals surface area contributed by atoms with E-state index < -0.39 is 0 Å². The average molecular weight is 278 g/mol. The maximum Gasteiger partial charge on any atom is 0.239 e. The zero-order chi connectivity index (χ0) is 14.7. The van der Waals surface area contributed by atoms with Crippen molar-refractivity contribution in [1.29, 1.82) is 0 Å². The quantitative estimate of drug-likeness (QED) is 0.859. The van der Waals surface area contributed by atoms with E-state index in [1.54, 1.807) is 12.1 Å². The first-order valence-corrected chi connectivity index (χ1v) is 6.80. The van der Waals surface area contributed by atoms with E-state index in [4.69, 9.17) is 0 Å². The van der Waals surface area contributed by atoms with E-state index in [1.165, 1.54) is 12.1 Å². The smallest absolute Gasteiger partial charge is 0.239 e. The van der Waals surface area contributed by atoms with Crippen LogP contribution in [0.2, 0.25) is 0 Å². The fourth-order valence-corrected chi connectivity index (χ4v) is 2.23. The second-order valence-corrected chi connectivity index (χ2v) is 5.44. The Morgan fingerprint density at radius 3 is 2.55 bits per heavy atom. The molecule has 0 heterocycles. The molecule has 108 valence electrons. The van der Waals surface area contributed by atoms with Crippen LogP contribution in [-0.4, -0.2) is 24.4 Å². The number of hydrogen-bond donors (Lipinski definition) is 2. The zero-order valence-corrected chi connectivity index (χ0v) is 11.7. The Balaban J connectivity index is 1.78. The van der Waals surface area contributed by atoms with E-state index in [1.807, 2.05) is 13.8 Å². The van der Waals surface area contributed by atoms with E-state index in [-0.39, 0.29) is 42.1 Å². The van der Waals surface area contributed by atoms with Crippen molar-refractivity contribution in [2.75, 3.05) is 6.54 Å². The summed E-state index contributed by atoms with van der Waals surface area (Å²) in [6.07, 6.45) is 0.753. The molecule has 1 aromatic carbocycles. The molecule has 2 N–H and O–H groups in total. The second-order valence-electron chi connectivity index (χ2n) is 5.44. The Morgan fingerprint density at radius 2 is 1.95 bits per heavy atom. The largest absolute Gasteiger partial charge is 0.352 e. The lowest BCUT2D eigenvalue weighted by Gasteiger charge is -2.09. The summed E-state index contributed by atoms with van der Waals surface area (Å²) in [5.74, 6) is -0.539. The molecule has 0 aromatic heterocycles. The normalized spacial score (nSPS) is 20.6. The van der Waals surface area contributed by atoms with E-state index in [0.29, 0.717) is 0 Å². The van der Waals surface area contributed by atoms with Gasteiger partial charge in [-0.2, -0.15) is 0 Å². The number of nitrogens with one attached hydrogen (secondary N) is 2. The lowest BCUT2D eigenvalue weighted by Crippen LogP contribution is -2.40. The van der Waals surface area contributed by atoms with E-state index in [0.717, 1.165) is 12.0 Å². The molecule has 0 bridgehead atoms. The molecule has 0 aliphatic heterocycles. The van der Waals surface area contributed by atoms with Crippen LogP contribution in [0.15, 0.2) is 24.3 Å². The van der Waals surface area contributed by atoms with Crippen molar-refractivity contribution < 1.29 is 14.0 Å². The monoisotopic (exact) mass is 278 g/mol. The SMILES string of the molecule is CC(C)NC(=O)CNC(=O)C1CC1c1ccc(F)cc1. The van der Waals surface area contributed by atoms with Crippen molar-refractivity contribution in [3.8, 4) is 0 Å². The lowest BCUT2D eigenvalue weighted by molar-refractivity contribution is -0.127. The van der Waals surface area contributed by atoms with Gasteiger partial charge in [-0.3, -0.25) is 9.59 Å². The molecule has 0 spiro atoms. The van der Waals surface area contributed by atoms with Gasteiger partial charge in [0.1, 0.15) is 5.82 Å². The molecular formula is C15H19FN2O2. The second kappa shape index (κ2) is 6.03. The van der Waals surface area contributed by atoms with Gasteiger partial charge < -0.3 is 10.6 Å². The summed E-state index contributed by atoms with van der Waals surface area (Å²) in [7, 11) is 0. The summed E-state index contributed by atoms with van der Waals surface area (Å²) in [5.41, 5.74) is 0.971. The minimum atomic E-state index is -0.277. The molecule has 1 aliphatic rings. The van der Waals surface area contributed by atoms with Crippen LogP contribution < -0.4 is 10.6 Å². The highest BCUT2D eigenvalue weighted by atomic mass is 19.1. The highest BCUT2D eigenvalue weighted by Crippen LogP contribution is 2.47. The lowest BCUT2D eigenvalue weighted by atomic mass is 10.1. The minimum absolute atomic E-state index is 0.00362. The summed E-state index contributed by atoms with van der Waals surface area (Å²) in [6.45, 7) is 3.74. The van der Waals surface area contributed by atoms with Crippen LogP contribution >= 0.6 is 0 Å². The van der Waals surface area contributed by atoms with Gasteiger partial charge in [0.05, 0.1) is 6.54 Å². The number of halogens is 1. The van der Waals surface area contributed by atoms with Crippen molar-refractivity contribution in [2.45, 2.75) is 32.2 Å². The van der Waals surface area contributed by atoms with Gasteiger partial charge in [-0.25, -0.2) is 4.39 Å². The molecule has 2 atom stereocenters. The fourth-order valence-electron chi connectivity index (χ4n) is 2.23. The van der Waals surface area contributed by atoms with Crippen LogP contribution in [-0.2, 0) is 9.59 Å². The van der Waals surface area contributed by atoms with Gasteiger partial charge in [0.15, 0.2) is 0 Å².